The van der Waals surface area contributed by atoms with E-state index in [0.717, 1.165) is 37.8 Å². The molecule has 0 heterocycles. The van der Waals surface area contributed by atoms with E-state index in [1.165, 1.54) is 6.42 Å². The highest BCUT2D eigenvalue weighted by Gasteiger charge is 2.25. The Kier molecular flexibility index (Phi) is 4.02. The number of nitrogens with two attached hydrogens (primary N) is 1. The molecule has 0 aliphatic heterocycles. The molecule has 0 unspecified atom stereocenters. The van der Waals surface area contributed by atoms with Crippen LogP contribution in [-0.2, 0) is 0 Å². The van der Waals surface area contributed by atoms with Gasteiger partial charge < -0.3 is 10.6 Å². The lowest BCUT2D eigenvalue weighted by Gasteiger charge is -2.31. The Labute approximate surface area is 111 Å². The topological polar surface area (TPSA) is 46.3 Å². The summed E-state index contributed by atoms with van der Waals surface area (Å²) in [6, 6.07) is 1.90. The minimum absolute atomic E-state index is 0.0217. The number of halogens is 2. The van der Waals surface area contributed by atoms with Gasteiger partial charge in [-0.05, 0) is 18.9 Å². The van der Waals surface area contributed by atoms with Crippen LogP contribution in [0.25, 0.3) is 0 Å². The monoisotopic (exact) mass is 268 g/mol. The summed E-state index contributed by atoms with van der Waals surface area (Å²) in [6.45, 7) is 0. The van der Waals surface area contributed by atoms with Crippen LogP contribution in [0.2, 0.25) is 0 Å². The highest BCUT2D eigenvalue weighted by molar-refractivity contribution is 5.99. The smallest absolute Gasteiger partial charge is 0.256 e. The largest absolute Gasteiger partial charge is 0.398 e. The first-order chi connectivity index (χ1) is 9.00. The first-order valence-corrected chi connectivity index (χ1v) is 6.52. The molecule has 1 aliphatic carbocycles. The molecule has 5 heteroatoms. The van der Waals surface area contributed by atoms with Crippen molar-refractivity contribution in [2.75, 3.05) is 12.8 Å². The number of amides is 1. The zero-order valence-electron chi connectivity index (χ0n) is 11.0. The Morgan fingerprint density at radius 1 is 1.21 bits per heavy atom. The predicted octanol–water partition coefficient (Wildman–Crippen LogP) is 2.95. The number of rotatable bonds is 2. The molecule has 0 spiro atoms. The molecule has 0 atom stereocenters. The van der Waals surface area contributed by atoms with Crippen molar-refractivity contribution in [3.63, 3.8) is 0 Å². The number of carbonyl (C=O) groups is 1. The fourth-order valence-corrected chi connectivity index (χ4v) is 2.57. The lowest BCUT2D eigenvalue weighted by molar-refractivity contribution is 0.0696. The lowest BCUT2D eigenvalue weighted by Crippen LogP contribution is -2.38. The zero-order chi connectivity index (χ0) is 14.0. The van der Waals surface area contributed by atoms with Gasteiger partial charge in [0.2, 0.25) is 0 Å². The van der Waals surface area contributed by atoms with Crippen LogP contribution in [0.4, 0.5) is 14.5 Å². The van der Waals surface area contributed by atoms with Crippen LogP contribution in [0.3, 0.4) is 0 Å². The molecule has 1 amide bonds. The number of nitrogen functional groups attached to an aromatic ring is 1. The first kappa shape index (κ1) is 13.8. The minimum atomic E-state index is -1.05. The maximum absolute atomic E-state index is 13.2. The first-order valence-electron chi connectivity index (χ1n) is 6.52. The van der Waals surface area contributed by atoms with Gasteiger partial charge >= 0.3 is 0 Å². The molecule has 1 saturated carbocycles. The van der Waals surface area contributed by atoms with Crippen molar-refractivity contribution in [3.8, 4) is 0 Å². The van der Waals surface area contributed by atoms with Crippen molar-refractivity contribution in [2.24, 2.45) is 0 Å². The van der Waals surface area contributed by atoms with Crippen LogP contribution in [0.5, 0.6) is 0 Å². The molecule has 3 nitrogen and oxygen atoms in total. The van der Waals surface area contributed by atoms with E-state index in [1.54, 1.807) is 11.9 Å². The van der Waals surface area contributed by atoms with E-state index in [0.29, 0.717) is 0 Å². The van der Waals surface area contributed by atoms with Crippen LogP contribution >= 0.6 is 0 Å². The van der Waals surface area contributed by atoms with E-state index < -0.39 is 11.6 Å². The summed E-state index contributed by atoms with van der Waals surface area (Å²) >= 11 is 0. The molecule has 1 aromatic rings. The number of nitrogens with zero attached hydrogens (tertiary/aromatic N) is 1. The summed E-state index contributed by atoms with van der Waals surface area (Å²) in [6.07, 6.45) is 5.27. The summed E-state index contributed by atoms with van der Waals surface area (Å²) in [5.41, 5.74) is 5.62. The van der Waals surface area contributed by atoms with E-state index in [2.05, 4.69) is 0 Å². The van der Waals surface area contributed by atoms with Gasteiger partial charge in [0.25, 0.3) is 5.91 Å². The normalized spacial score (nSPS) is 16.4. The Morgan fingerprint density at radius 2 is 1.79 bits per heavy atom. The van der Waals surface area contributed by atoms with Crippen molar-refractivity contribution in [2.45, 2.75) is 38.1 Å². The summed E-state index contributed by atoms with van der Waals surface area (Å²) in [5.74, 6) is -2.42. The van der Waals surface area contributed by atoms with Crippen LogP contribution in [0.1, 0.15) is 42.5 Å². The average molecular weight is 268 g/mol. The fourth-order valence-electron chi connectivity index (χ4n) is 2.57. The molecule has 0 saturated heterocycles. The van der Waals surface area contributed by atoms with E-state index in [4.69, 9.17) is 5.73 Å². The zero-order valence-corrected chi connectivity index (χ0v) is 11.0. The van der Waals surface area contributed by atoms with Crippen molar-refractivity contribution in [3.05, 3.63) is 29.3 Å². The summed E-state index contributed by atoms with van der Waals surface area (Å²) < 4.78 is 26.2. The van der Waals surface area contributed by atoms with Crippen molar-refractivity contribution < 1.29 is 13.6 Å². The number of carbonyl (C=O) groups excluding carboxylic acids is 1. The second kappa shape index (κ2) is 5.55. The molecule has 1 aliphatic rings. The van der Waals surface area contributed by atoms with Crippen molar-refractivity contribution >= 4 is 11.6 Å². The maximum atomic E-state index is 13.2. The molecule has 2 N–H and O–H groups in total. The van der Waals surface area contributed by atoms with Crippen LogP contribution in [0.15, 0.2) is 12.1 Å². The van der Waals surface area contributed by atoms with Gasteiger partial charge in [-0.15, -0.1) is 0 Å². The highest BCUT2D eigenvalue weighted by atomic mass is 19.2. The van der Waals surface area contributed by atoms with Gasteiger partial charge in [-0.25, -0.2) is 8.78 Å². The summed E-state index contributed by atoms with van der Waals surface area (Å²) in [4.78, 5) is 13.9. The molecule has 1 fully saturated rings. The molecule has 0 radical (unpaired) electrons. The van der Waals surface area contributed by atoms with E-state index in [1.807, 2.05) is 0 Å². The number of hydrogen-bond acceptors (Lipinski definition) is 2. The molecule has 1 aromatic carbocycles. The molecule has 19 heavy (non-hydrogen) atoms. The number of anilines is 1. The van der Waals surface area contributed by atoms with Crippen molar-refractivity contribution in [1.29, 1.82) is 0 Å². The maximum Gasteiger partial charge on any atom is 0.256 e. The Balaban J connectivity index is 2.21. The van der Waals surface area contributed by atoms with Gasteiger partial charge in [-0.2, -0.15) is 0 Å². The molecule has 104 valence electrons. The van der Waals surface area contributed by atoms with Crippen LogP contribution < -0.4 is 5.73 Å². The second-order valence-corrected chi connectivity index (χ2v) is 5.06. The summed E-state index contributed by atoms with van der Waals surface area (Å²) in [7, 11) is 1.69. The van der Waals surface area contributed by atoms with Gasteiger partial charge in [0, 0.05) is 24.8 Å². The van der Waals surface area contributed by atoms with Gasteiger partial charge in [-0.3, -0.25) is 4.79 Å². The Bertz CT molecular complexity index is 485. The third kappa shape index (κ3) is 2.85. The van der Waals surface area contributed by atoms with Gasteiger partial charge in [0.1, 0.15) is 0 Å². The minimum Gasteiger partial charge on any atom is -0.398 e. The third-order valence-electron chi connectivity index (χ3n) is 3.77. The molecule has 2 rings (SSSR count). The van der Waals surface area contributed by atoms with Crippen molar-refractivity contribution in [1.82, 2.24) is 4.90 Å². The predicted molar refractivity (Wildman–Crippen MR) is 69.7 cm³/mol. The van der Waals surface area contributed by atoms with Gasteiger partial charge in [0.15, 0.2) is 11.6 Å². The lowest BCUT2D eigenvalue weighted by atomic mass is 9.94. The quantitative estimate of drug-likeness (QED) is 0.838. The van der Waals surface area contributed by atoms with Gasteiger partial charge in [-0.1, -0.05) is 19.3 Å². The van der Waals surface area contributed by atoms with E-state index in [-0.39, 0.29) is 23.2 Å². The molecular formula is C14H18F2N2O. The summed E-state index contributed by atoms with van der Waals surface area (Å²) in [5, 5.41) is 0. The second-order valence-electron chi connectivity index (χ2n) is 5.06. The Morgan fingerprint density at radius 3 is 2.42 bits per heavy atom. The third-order valence-corrected chi connectivity index (χ3v) is 3.77. The van der Waals surface area contributed by atoms with Gasteiger partial charge in [0.05, 0.1) is 5.56 Å². The molecular weight excluding hydrogens is 250 g/mol. The number of benzene rings is 1. The standard InChI is InChI=1S/C14H18F2N2O/c1-18(9-5-3-2-4-6-9)14(19)10-7-11(15)12(16)8-13(10)17/h7-9H,2-6,17H2,1H3. The average Bonchev–Trinajstić information content (AvgIpc) is 2.42. The van der Waals surface area contributed by atoms with E-state index >= 15 is 0 Å². The van der Waals surface area contributed by atoms with Crippen LogP contribution in [-0.4, -0.2) is 23.9 Å². The van der Waals surface area contributed by atoms with Crippen LogP contribution in [0, 0.1) is 11.6 Å². The molecule has 0 aromatic heterocycles. The Hall–Kier alpha value is -1.65. The SMILES string of the molecule is CN(C(=O)c1cc(F)c(F)cc1N)C1CCCCC1. The number of hydrogen-bond donors (Lipinski definition) is 1. The van der Waals surface area contributed by atoms with E-state index in [9.17, 15) is 13.6 Å². The molecule has 0 bridgehead atoms. The highest BCUT2D eigenvalue weighted by Crippen LogP contribution is 2.25. The fraction of sp³-hybridized carbons (Fsp3) is 0.500.